The first kappa shape index (κ1) is 11.4. The van der Waals surface area contributed by atoms with Gasteiger partial charge in [-0.25, -0.2) is 4.98 Å². The molecule has 0 saturated carbocycles. The van der Waals surface area contributed by atoms with Gasteiger partial charge in [0.05, 0.1) is 5.69 Å². The van der Waals surface area contributed by atoms with Gasteiger partial charge in [-0.1, -0.05) is 19.8 Å². The van der Waals surface area contributed by atoms with E-state index in [1.807, 2.05) is 5.38 Å². The fraction of sp³-hybridized carbons (Fsp3) is 0.625. The van der Waals surface area contributed by atoms with E-state index in [0.29, 0.717) is 5.13 Å². The summed E-state index contributed by atoms with van der Waals surface area (Å²) in [6.07, 6.45) is 4.87. The van der Waals surface area contributed by atoms with Crippen molar-refractivity contribution in [3.05, 3.63) is 11.1 Å². The van der Waals surface area contributed by atoms with Gasteiger partial charge >= 0.3 is 0 Å². The second kappa shape index (κ2) is 5.97. The molecule has 1 aromatic heterocycles. The Labute approximate surface area is 77.6 Å². The monoisotopic (exact) mass is 187 g/mol. The number of nitrogens with two attached hydrogens (primary N) is 1. The van der Waals surface area contributed by atoms with Crippen molar-refractivity contribution < 1.29 is 0 Å². The maximum atomic E-state index is 5.49. The molecule has 12 heavy (non-hydrogen) atoms. The Bertz CT molecular complexity index is 210. The molecular weight excluding hydrogens is 170 g/mol. The number of aryl methyl sites for hydroxylation is 1. The lowest BCUT2D eigenvalue weighted by atomic mass is 10.2. The molecule has 4 heteroatoms. The number of anilines is 1. The number of thiazole rings is 1. The standard InChI is InChI=1S/C8H14N2S.H3N/c1-2-3-4-5-7-6-11-8(9)10-7;/h6H,2-5H2,1H3,(H2,9,10);1H3. The maximum absolute atomic E-state index is 5.49. The second-order valence-corrected chi connectivity index (χ2v) is 3.52. The van der Waals surface area contributed by atoms with E-state index in [0.717, 1.165) is 12.1 Å². The molecule has 0 atom stereocenters. The summed E-state index contributed by atoms with van der Waals surface area (Å²) in [5.74, 6) is 0. The zero-order chi connectivity index (χ0) is 8.10. The molecule has 1 aromatic rings. The van der Waals surface area contributed by atoms with Crippen LogP contribution in [0.1, 0.15) is 31.9 Å². The van der Waals surface area contributed by atoms with E-state index in [9.17, 15) is 0 Å². The lowest BCUT2D eigenvalue weighted by Gasteiger charge is -1.93. The average Bonchev–Trinajstić information content (AvgIpc) is 2.37. The Morgan fingerprint density at radius 3 is 2.75 bits per heavy atom. The topological polar surface area (TPSA) is 73.9 Å². The summed E-state index contributed by atoms with van der Waals surface area (Å²) in [6.45, 7) is 2.20. The number of hydrogen-bond donors (Lipinski definition) is 2. The lowest BCUT2D eigenvalue weighted by molar-refractivity contribution is 0.710. The van der Waals surface area contributed by atoms with Crippen LogP contribution in [0.4, 0.5) is 5.13 Å². The van der Waals surface area contributed by atoms with Gasteiger partial charge in [0.25, 0.3) is 0 Å². The number of nitrogens with zero attached hydrogens (tertiary/aromatic N) is 1. The molecule has 0 fully saturated rings. The van der Waals surface area contributed by atoms with Crippen molar-refractivity contribution in [3.8, 4) is 0 Å². The predicted molar refractivity (Wildman–Crippen MR) is 54.8 cm³/mol. The van der Waals surface area contributed by atoms with Crippen LogP contribution < -0.4 is 11.9 Å². The third kappa shape index (κ3) is 3.69. The zero-order valence-corrected chi connectivity index (χ0v) is 8.36. The Balaban J connectivity index is 0.00000121. The van der Waals surface area contributed by atoms with Gasteiger partial charge in [-0.05, 0) is 12.8 Å². The first-order chi connectivity index (χ1) is 5.33. The first-order valence-corrected chi connectivity index (χ1v) is 4.90. The van der Waals surface area contributed by atoms with E-state index in [1.165, 1.54) is 30.6 Å². The molecule has 1 heterocycles. The number of nitrogen functional groups attached to an aromatic ring is 1. The van der Waals surface area contributed by atoms with Gasteiger partial charge in [-0.3, -0.25) is 0 Å². The normalized spacial score (nSPS) is 9.42. The summed E-state index contributed by atoms with van der Waals surface area (Å²) in [6, 6.07) is 0. The van der Waals surface area contributed by atoms with Gasteiger partial charge in [0, 0.05) is 5.38 Å². The average molecular weight is 187 g/mol. The highest BCUT2D eigenvalue weighted by Gasteiger charge is 1.96. The van der Waals surface area contributed by atoms with E-state index >= 15 is 0 Å². The van der Waals surface area contributed by atoms with Crippen LogP contribution in [-0.2, 0) is 6.42 Å². The Kier molecular flexibility index (Phi) is 5.66. The Morgan fingerprint density at radius 2 is 2.25 bits per heavy atom. The van der Waals surface area contributed by atoms with Crippen LogP contribution in [0.5, 0.6) is 0 Å². The molecule has 0 unspecified atom stereocenters. The van der Waals surface area contributed by atoms with Crippen LogP contribution in [0, 0.1) is 0 Å². The second-order valence-electron chi connectivity index (χ2n) is 2.63. The largest absolute Gasteiger partial charge is 0.375 e. The van der Waals surface area contributed by atoms with Crippen LogP contribution in [-0.4, -0.2) is 4.98 Å². The van der Waals surface area contributed by atoms with Crippen LogP contribution in [0.25, 0.3) is 0 Å². The highest BCUT2D eigenvalue weighted by atomic mass is 32.1. The van der Waals surface area contributed by atoms with Gasteiger partial charge < -0.3 is 11.9 Å². The van der Waals surface area contributed by atoms with Crippen LogP contribution in [0.15, 0.2) is 5.38 Å². The Hall–Kier alpha value is -0.610. The van der Waals surface area contributed by atoms with E-state index in [4.69, 9.17) is 5.73 Å². The summed E-state index contributed by atoms with van der Waals surface area (Å²) in [7, 11) is 0. The van der Waals surface area contributed by atoms with E-state index in [1.54, 1.807) is 0 Å². The van der Waals surface area contributed by atoms with Crippen molar-refractivity contribution >= 4 is 16.5 Å². The third-order valence-electron chi connectivity index (χ3n) is 1.61. The summed E-state index contributed by atoms with van der Waals surface area (Å²) in [5, 5.41) is 2.74. The summed E-state index contributed by atoms with van der Waals surface area (Å²) in [5.41, 5.74) is 6.64. The van der Waals surface area contributed by atoms with E-state index in [-0.39, 0.29) is 6.15 Å². The minimum Gasteiger partial charge on any atom is -0.375 e. The molecule has 1 rings (SSSR count). The van der Waals surface area contributed by atoms with Crippen molar-refractivity contribution in [2.24, 2.45) is 0 Å². The van der Waals surface area contributed by atoms with Gasteiger partial charge in [0.15, 0.2) is 5.13 Å². The summed E-state index contributed by atoms with van der Waals surface area (Å²) < 4.78 is 0. The SMILES string of the molecule is CCCCCc1csc(N)n1.N. The highest BCUT2D eigenvalue weighted by molar-refractivity contribution is 7.13. The Morgan fingerprint density at radius 1 is 1.50 bits per heavy atom. The molecule has 0 saturated heterocycles. The maximum Gasteiger partial charge on any atom is 0.180 e. The van der Waals surface area contributed by atoms with Crippen LogP contribution >= 0.6 is 11.3 Å². The minimum absolute atomic E-state index is 0. The number of aromatic nitrogens is 1. The lowest BCUT2D eigenvalue weighted by Crippen LogP contribution is -1.87. The predicted octanol–water partition coefficient (Wildman–Crippen LogP) is 2.62. The van der Waals surface area contributed by atoms with Gasteiger partial charge in [0.1, 0.15) is 0 Å². The highest BCUT2D eigenvalue weighted by Crippen LogP contribution is 2.13. The van der Waals surface area contributed by atoms with E-state index < -0.39 is 0 Å². The quantitative estimate of drug-likeness (QED) is 0.711. The molecule has 0 amide bonds. The fourth-order valence-electron chi connectivity index (χ4n) is 0.994. The first-order valence-electron chi connectivity index (χ1n) is 4.03. The number of unbranched alkanes of at least 4 members (excludes halogenated alkanes) is 2. The molecule has 0 spiro atoms. The number of rotatable bonds is 4. The third-order valence-corrected chi connectivity index (χ3v) is 2.33. The molecule has 70 valence electrons. The summed E-state index contributed by atoms with van der Waals surface area (Å²) >= 11 is 1.53. The molecular formula is C8H17N3S. The minimum atomic E-state index is 0. The number of hydrogen-bond acceptors (Lipinski definition) is 4. The van der Waals surface area contributed by atoms with Gasteiger partial charge in [-0.2, -0.15) is 0 Å². The van der Waals surface area contributed by atoms with E-state index in [2.05, 4.69) is 11.9 Å². The van der Waals surface area contributed by atoms with Crippen LogP contribution in [0.3, 0.4) is 0 Å². The van der Waals surface area contributed by atoms with Gasteiger partial charge in [-0.15, -0.1) is 11.3 Å². The van der Waals surface area contributed by atoms with Crippen molar-refractivity contribution in [2.75, 3.05) is 5.73 Å². The van der Waals surface area contributed by atoms with Gasteiger partial charge in [0.2, 0.25) is 0 Å². The molecule has 3 nitrogen and oxygen atoms in total. The van der Waals surface area contributed by atoms with Crippen molar-refractivity contribution in [1.82, 2.24) is 11.1 Å². The van der Waals surface area contributed by atoms with Crippen LogP contribution in [0.2, 0.25) is 0 Å². The zero-order valence-electron chi connectivity index (χ0n) is 7.55. The molecule has 0 aliphatic heterocycles. The molecule has 0 aliphatic rings. The van der Waals surface area contributed by atoms with Crippen molar-refractivity contribution in [3.63, 3.8) is 0 Å². The fourth-order valence-corrected chi connectivity index (χ4v) is 1.59. The smallest absolute Gasteiger partial charge is 0.180 e. The summed E-state index contributed by atoms with van der Waals surface area (Å²) in [4.78, 5) is 4.18. The van der Waals surface area contributed by atoms with Crippen molar-refractivity contribution in [1.29, 1.82) is 0 Å². The molecule has 0 aliphatic carbocycles. The molecule has 0 radical (unpaired) electrons. The van der Waals surface area contributed by atoms with Crippen molar-refractivity contribution in [2.45, 2.75) is 32.6 Å². The molecule has 0 aromatic carbocycles. The molecule has 5 N–H and O–H groups in total. The molecule has 0 bridgehead atoms.